The average Bonchev–Trinajstić information content (AvgIpc) is 3.21. The SMILES string of the molecule is C=C(CC(CCCCCCCC)CCCCCCCC)CC(C)(C)CN(CC(C)(C)C(C)(C)CC(=C)CCCCCCCCCC)C(=C)CCCSSCCCC(=C)NCCN(C)C. The molecule has 0 bridgehead atoms. The van der Waals surface area contributed by atoms with Gasteiger partial charge in [0.25, 0.3) is 0 Å². The van der Waals surface area contributed by atoms with Gasteiger partial charge in [-0.05, 0) is 94.0 Å². The van der Waals surface area contributed by atoms with Crippen LogP contribution in [0.5, 0.6) is 0 Å². The first-order chi connectivity index (χ1) is 30.4. The van der Waals surface area contributed by atoms with E-state index in [2.05, 4.69) is 105 Å². The Hall–Kier alpha value is -0.780. The lowest BCUT2D eigenvalue weighted by atomic mass is 9.64. The van der Waals surface area contributed by atoms with Crippen LogP contribution in [0.1, 0.15) is 255 Å². The highest BCUT2D eigenvalue weighted by Crippen LogP contribution is 2.46. The molecule has 0 amide bonds. The Labute approximate surface area is 412 Å². The van der Waals surface area contributed by atoms with Crippen LogP contribution in [0.15, 0.2) is 48.9 Å². The summed E-state index contributed by atoms with van der Waals surface area (Å²) in [5.41, 5.74) is 5.79. The van der Waals surface area contributed by atoms with Crippen LogP contribution in [-0.4, -0.2) is 61.6 Å². The van der Waals surface area contributed by atoms with E-state index in [-0.39, 0.29) is 16.2 Å². The largest absolute Gasteiger partial charge is 0.388 e. The zero-order chi connectivity index (χ0) is 48.1. The van der Waals surface area contributed by atoms with Gasteiger partial charge in [0.2, 0.25) is 0 Å². The Kier molecular flexibility index (Phi) is 38.6. The van der Waals surface area contributed by atoms with Crippen LogP contribution >= 0.6 is 21.6 Å². The Bertz CT molecular complexity index is 1150. The maximum Gasteiger partial charge on any atom is 0.0271 e. The molecule has 0 saturated heterocycles. The maximum atomic E-state index is 4.85. The zero-order valence-electron chi connectivity index (χ0n) is 45.6. The Morgan fingerprint density at radius 3 is 1.48 bits per heavy atom. The van der Waals surface area contributed by atoms with E-state index in [0.29, 0.717) is 0 Å². The van der Waals surface area contributed by atoms with Crippen molar-refractivity contribution in [2.75, 3.05) is 51.8 Å². The van der Waals surface area contributed by atoms with Crippen molar-refractivity contribution in [2.45, 2.75) is 255 Å². The van der Waals surface area contributed by atoms with Crippen molar-refractivity contribution in [1.82, 2.24) is 15.1 Å². The number of unbranched alkanes of at least 4 members (excludes halogenated alkanes) is 17. The average molecular weight is 931 g/mol. The molecule has 0 aromatic rings. The van der Waals surface area contributed by atoms with E-state index in [9.17, 15) is 0 Å². The summed E-state index contributed by atoms with van der Waals surface area (Å²) in [7, 11) is 8.32. The topological polar surface area (TPSA) is 18.5 Å². The Balaban J connectivity index is 5.65. The number of rotatable bonds is 48. The van der Waals surface area contributed by atoms with Crippen molar-refractivity contribution >= 4 is 21.6 Å². The molecular formula is C59H115N3S2. The van der Waals surface area contributed by atoms with Crippen LogP contribution in [-0.2, 0) is 0 Å². The first kappa shape index (κ1) is 63.2. The van der Waals surface area contributed by atoms with Gasteiger partial charge in [-0.2, -0.15) is 0 Å². The summed E-state index contributed by atoms with van der Waals surface area (Å²) in [6.07, 6.45) is 39.5. The summed E-state index contributed by atoms with van der Waals surface area (Å²) < 4.78 is 0. The first-order valence-corrected chi connectivity index (χ1v) is 29.9. The monoisotopic (exact) mass is 930 g/mol. The van der Waals surface area contributed by atoms with Crippen LogP contribution in [0.25, 0.3) is 0 Å². The molecule has 0 aromatic carbocycles. The molecule has 0 aromatic heterocycles. The second-order valence-electron chi connectivity index (χ2n) is 22.8. The highest BCUT2D eigenvalue weighted by Gasteiger charge is 2.39. The molecule has 0 rings (SSSR count). The highest BCUT2D eigenvalue weighted by molar-refractivity contribution is 8.76. The van der Waals surface area contributed by atoms with Gasteiger partial charge in [0.05, 0.1) is 0 Å². The summed E-state index contributed by atoms with van der Waals surface area (Å²) in [6.45, 7) is 44.7. The molecule has 0 aliphatic carbocycles. The number of nitrogens with zero attached hydrogens (tertiary/aromatic N) is 2. The molecule has 0 radical (unpaired) electrons. The molecule has 5 heteroatoms. The first-order valence-electron chi connectivity index (χ1n) is 27.5. The van der Waals surface area contributed by atoms with E-state index >= 15 is 0 Å². The normalized spacial score (nSPS) is 12.4. The summed E-state index contributed by atoms with van der Waals surface area (Å²) >= 11 is 0. The van der Waals surface area contributed by atoms with E-state index in [1.54, 1.807) is 0 Å². The fraction of sp³-hybridized carbons (Fsp3) is 0.864. The van der Waals surface area contributed by atoms with E-state index < -0.39 is 0 Å². The van der Waals surface area contributed by atoms with Crippen molar-refractivity contribution in [3.63, 3.8) is 0 Å². The molecule has 0 spiro atoms. The molecule has 64 heavy (non-hydrogen) atoms. The van der Waals surface area contributed by atoms with Gasteiger partial charge < -0.3 is 15.1 Å². The van der Waals surface area contributed by atoms with E-state index in [0.717, 1.165) is 57.8 Å². The number of hydrogen-bond donors (Lipinski definition) is 1. The van der Waals surface area contributed by atoms with Gasteiger partial charge in [-0.3, -0.25) is 0 Å². The number of likely N-dealkylation sites (N-methyl/N-ethyl adjacent to an activating group) is 1. The fourth-order valence-electron chi connectivity index (χ4n) is 9.44. The maximum absolute atomic E-state index is 4.85. The predicted molar refractivity (Wildman–Crippen MR) is 300 cm³/mol. The van der Waals surface area contributed by atoms with Crippen molar-refractivity contribution < 1.29 is 0 Å². The van der Waals surface area contributed by atoms with Gasteiger partial charge in [-0.25, -0.2) is 0 Å². The highest BCUT2D eigenvalue weighted by atomic mass is 33.1. The van der Waals surface area contributed by atoms with Gasteiger partial charge in [-0.1, -0.05) is 256 Å². The predicted octanol–water partition coefficient (Wildman–Crippen LogP) is 19.4. The quantitative estimate of drug-likeness (QED) is 0.0371. The fourth-order valence-corrected chi connectivity index (χ4v) is 11.6. The molecule has 1 N–H and O–H groups in total. The van der Waals surface area contributed by atoms with Crippen LogP contribution in [0, 0.1) is 22.2 Å². The molecule has 0 saturated carbocycles. The molecular weight excluding hydrogens is 815 g/mol. The second-order valence-corrected chi connectivity index (χ2v) is 25.5. The van der Waals surface area contributed by atoms with Crippen LogP contribution in [0.2, 0.25) is 0 Å². The number of allylic oxidation sites excluding steroid dienone is 4. The van der Waals surface area contributed by atoms with Gasteiger partial charge in [-0.15, -0.1) is 0 Å². The van der Waals surface area contributed by atoms with Crippen molar-refractivity contribution in [3.05, 3.63) is 48.9 Å². The third kappa shape index (κ3) is 35.4. The van der Waals surface area contributed by atoms with E-state index in [1.807, 2.05) is 21.6 Å². The third-order valence-electron chi connectivity index (χ3n) is 14.2. The molecule has 0 heterocycles. The lowest BCUT2D eigenvalue weighted by molar-refractivity contribution is 0.0535. The minimum Gasteiger partial charge on any atom is -0.388 e. The lowest BCUT2D eigenvalue weighted by Crippen LogP contribution is -2.45. The summed E-state index contributed by atoms with van der Waals surface area (Å²) in [5.74, 6) is 3.15. The van der Waals surface area contributed by atoms with Gasteiger partial charge >= 0.3 is 0 Å². The van der Waals surface area contributed by atoms with Gasteiger partial charge in [0, 0.05) is 49.1 Å². The molecule has 0 unspecified atom stereocenters. The van der Waals surface area contributed by atoms with Crippen molar-refractivity contribution in [1.29, 1.82) is 0 Å². The minimum absolute atomic E-state index is 0.0977. The van der Waals surface area contributed by atoms with Crippen LogP contribution < -0.4 is 5.32 Å². The van der Waals surface area contributed by atoms with E-state index in [1.165, 1.54) is 201 Å². The molecule has 3 nitrogen and oxygen atoms in total. The number of nitrogens with one attached hydrogen (secondary N) is 1. The standard InChI is InChI=1S/C59H115N3S2/c1-16-19-22-25-28-29-30-33-38-52(4)49-58(10,11)59(12,13)51-62(55(7)40-37-46-64-63-45-36-39-54(6)60-43-44-61(14)15)50-57(8,9)48-53(5)47-56(41-34-31-26-23-20-17-2)42-35-32-27-24-21-18-3/h56,60H,4-7,16-51H2,1-3,8-15H3. The summed E-state index contributed by atoms with van der Waals surface area (Å²) in [6, 6.07) is 0. The zero-order valence-corrected chi connectivity index (χ0v) is 47.2. The summed E-state index contributed by atoms with van der Waals surface area (Å²) in [4.78, 5) is 4.94. The van der Waals surface area contributed by atoms with Gasteiger partial charge in [0.15, 0.2) is 0 Å². The second kappa shape index (κ2) is 39.1. The molecule has 0 aliphatic heterocycles. The van der Waals surface area contributed by atoms with Crippen LogP contribution in [0.4, 0.5) is 0 Å². The molecule has 0 aliphatic rings. The van der Waals surface area contributed by atoms with Crippen molar-refractivity contribution in [2.24, 2.45) is 22.2 Å². The third-order valence-corrected chi connectivity index (χ3v) is 16.8. The minimum atomic E-state index is 0.0977. The Morgan fingerprint density at radius 2 is 0.984 bits per heavy atom. The lowest BCUT2D eigenvalue weighted by Gasteiger charge is -2.48. The molecule has 378 valence electrons. The van der Waals surface area contributed by atoms with Crippen LogP contribution in [0.3, 0.4) is 0 Å². The molecule has 0 fully saturated rings. The molecule has 0 atom stereocenters. The van der Waals surface area contributed by atoms with Crippen molar-refractivity contribution in [3.8, 4) is 0 Å². The smallest absolute Gasteiger partial charge is 0.0271 e. The summed E-state index contributed by atoms with van der Waals surface area (Å²) in [5, 5.41) is 3.49. The number of hydrogen-bond acceptors (Lipinski definition) is 5. The van der Waals surface area contributed by atoms with Gasteiger partial charge in [0.1, 0.15) is 0 Å². The van der Waals surface area contributed by atoms with E-state index in [4.69, 9.17) is 13.2 Å². The Morgan fingerprint density at radius 1 is 0.516 bits per heavy atom.